The Bertz CT molecular complexity index is 349. The van der Waals surface area contributed by atoms with Gasteiger partial charge in [0, 0.05) is 24.5 Å². The van der Waals surface area contributed by atoms with Gasteiger partial charge in [-0.2, -0.15) is 0 Å². The number of hydrogen-bond donors (Lipinski definition) is 1. The van der Waals surface area contributed by atoms with E-state index in [1.165, 1.54) is 11.3 Å². The van der Waals surface area contributed by atoms with Gasteiger partial charge in [0.25, 0.3) is 5.91 Å². The van der Waals surface area contributed by atoms with Crippen molar-refractivity contribution >= 4 is 17.2 Å². The molecule has 0 spiro atoms. The normalized spacial score (nSPS) is 10.8. The maximum Gasteiger partial charge on any atom is 0.273 e. The van der Waals surface area contributed by atoms with E-state index in [-0.39, 0.29) is 11.9 Å². The van der Waals surface area contributed by atoms with Crippen molar-refractivity contribution in [1.29, 1.82) is 0 Å². The molecule has 16 heavy (non-hydrogen) atoms. The SMILES string of the molecule is CCCN(C(=O)c1csc(CN)n1)C(C)C. The van der Waals surface area contributed by atoms with Crippen molar-refractivity contribution < 1.29 is 4.79 Å². The van der Waals surface area contributed by atoms with E-state index in [1.54, 1.807) is 5.38 Å². The first-order valence-electron chi connectivity index (χ1n) is 5.55. The van der Waals surface area contributed by atoms with Crippen LogP contribution in [-0.2, 0) is 6.54 Å². The Morgan fingerprint density at radius 2 is 2.31 bits per heavy atom. The third-order valence-electron chi connectivity index (χ3n) is 2.29. The summed E-state index contributed by atoms with van der Waals surface area (Å²) in [4.78, 5) is 18.2. The molecular formula is C11H19N3OS. The van der Waals surface area contributed by atoms with E-state index < -0.39 is 0 Å². The zero-order valence-electron chi connectivity index (χ0n) is 10.1. The molecule has 0 bridgehead atoms. The molecule has 0 aromatic carbocycles. The molecule has 0 radical (unpaired) electrons. The van der Waals surface area contributed by atoms with Gasteiger partial charge >= 0.3 is 0 Å². The van der Waals surface area contributed by atoms with Gasteiger partial charge in [0.2, 0.25) is 0 Å². The van der Waals surface area contributed by atoms with E-state index in [9.17, 15) is 4.79 Å². The van der Waals surface area contributed by atoms with E-state index in [1.807, 2.05) is 18.7 Å². The summed E-state index contributed by atoms with van der Waals surface area (Å²) in [6, 6.07) is 0.204. The molecule has 1 heterocycles. The minimum atomic E-state index is 0.00722. The van der Waals surface area contributed by atoms with Crippen LogP contribution in [0, 0.1) is 0 Å². The number of hydrogen-bond acceptors (Lipinski definition) is 4. The van der Waals surface area contributed by atoms with E-state index in [4.69, 9.17) is 5.73 Å². The Morgan fingerprint density at radius 3 is 2.75 bits per heavy atom. The lowest BCUT2D eigenvalue weighted by atomic mass is 10.2. The number of rotatable bonds is 5. The summed E-state index contributed by atoms with van der Waals surface area (Å²) in [5.41, 5.74) is 6.00. The summed E-state index contributed by atoms with van der Waals surface area (Å²) in [5, 5.41) is 2.60. The van der Waals surface area contributed by atoms with Gasteiger partial charge in [-0.3, -0.25) is 4.79 Å². The lowest BCUT2D eigenvalue weighted by Gasteiger charge is -2.25. The molecule has 0 aliphatic rings. The highest BCUT2D eigenvalue weighted by atomic mass is 32.1. The standard InChI is InChI=1S/C11H19N3OS/c1-4-5-14(8(2)3)11(15)9-7-16-10(6-12)13-9/h7-8H,4-6,12H2,1-3H3. The number of amides is 1. The van der Waals surface area contributed by atoms with E-state index >= 15 is 0 Å². The second-order valence-corrected chi connectivity index (χ2v) is 4.87. The van der Waals surface area contributed by atoms with Crippen molar-refractivity contribution in [2.75, 3.05) is 6.54 Å². The fourth-order valence-corrected chi connectivity index (χ4v) is 2.13. The van der Waals surface area contributed by atoms with Crippen LogP contribution in [0.3, 0.4) is 0 Å². The third-order valence-corrected chi connectivity index (χ3v) is 3.17. The van der Waals surface area contributed by atoms with Crippen LogP contribution in [0.2, 0.25) is 0 Å². The summed E-state index contributed by atoms with van der Waals surface area (Å²) in [7, 11) is 0. The molecule has 90 valence electrons. The lowest BCUT2D eigenvalue weighted by molar-refractivity contribution is 0.0700. The molecule has 0 unspecified atom stereocenters. The number of nitrogens with two attached hydrogens (primary N) is 1. The molecule has 1 amide bonds. The maximum absolute atomic E-state index is 12.1. The smallest absolute Gasteiger partial charge is 0.273 e. The van der Waals surface area contributed by atoms with Gasteiger partial charge in [0.1, 0.15) is 10.7 Å². The minimum absolute atomic E-state index is 0.00722. The Balaban J connectivity index is 2.81. The average Bonchev–Trinajstić information content (AvgIpc) is 2.73. The topological polar surface area (TPSA) is 59.2 Å². The summed E-state index contributed by atoms with van der Waals surface area (Å²) in [5.74, 6) is 0.00722. The highest BCUT2D eigenvalue weighted by Gasteiger charge is 2.20. The third kappa shape index (κ3) is 3.02. The number of carbonyl (C=O) groups excluding carboxylic acids is 1. The van der Waals surface area contributed by atoms with Crippen molar-refractivity contribution in [1.82, 2.24) is 9.88 Å². The number of aromatic nitrogens is 1. The Hall–Kier alpha value is -0.940. The van der Waals surface area contributed by atoms with Crippen molar-refractivity contribution in [3.8, 4) is 0 Å². The molecule has 1 aromatic heterocycles. The van der Waals surface area contributed by atoms with Crippen molar-refractivity contribution in [2.45, 2.75) is 39.8 Å². The summed E-state index contributed by atoms with van der Waals surface area (Å²) >= 11 is 1.44. The van der Waals surface area contributed by atoms with Crippen LogP contribution in [0.4, 0.5) is 0 Å². The predicted molar refractivity (Wildman–Crippen MR) is 66.5 cm³/mol. The van der Waals surface area contributed by atoms with Gasteiger partial charge < -0.3 is 10.6 Å². The predicted octanol–water partition coefficient (Wildman–Crippen LogP) is 1.86. The maximum atomic E-state index is 12.1. The zero-order chi connectivity index (χ0) is 12.1. The van der Waals surface area contributed by atoms with Crippen LogP contribution >= 0.6 is 11.3 Å². The number of thiazole rings is 1. The molecule has 0 atom stereocenters. The minimum Gasteiger partial charge on any atom is -0.335 e. The molecule has 0 aliphatic carbocycles. The van der Waals surface area contributed by atoms with Crippen LogP contribution in [-0.4, -0.2) is 28.4 Å². The Labute approximate surface area is 100 Å². The van der Waals surface area contributed by atoms with Crippen LogP contribution in [0.5, 0.6) is 0 Å². The lowest BCUT2D eigenvalue weighted by Crippen LogP contribution is -2.37. The van der Waals surface area contributed by atoms with Crippen LogP contribution in [0.25, 0.3) is 0 Å². The van der Waals surface area contributed by atoms with Gasteiger partial charge in [-0.15, -0.1) is 11.3 Å². The quantitative estimate of drug-likeness (QED) is 0.856. The average molecular weight is 241 g/mol. The monoisotopic (exact) mass is 241 g/mol. The Morgan fingerprint density at radius 1 is 1.62 bits per heavy atom. The fraction of sp³-hybridized carbons (Fsp3) is 0.636. The molecule has 1 rings (SSSR count). The van der Waals surface area contributed by atoms with Crippen molar-refractivity contribution in [3.63, 3.8) is 0 Å². The summed E-state index contributed by atoms with van der Waals surface area (Å²) in [6.07, 6.45) is 0.956. The molecule has 2 N–H and O–H groups in total. The Kier molecular flexibility index (Phi) is 4.89. The van der Waals surface area contributed by atoms with Gasteiger partial charge in [-0.1, -0.05) is 6.92 Å². The molecule has 0 fully saturated rings. The van der Waals surface area contributed by atoms with Crippen LogP contribution in [0.15, 0.2) is 5.38 Å². The highest BCUT2D eigenvalue weighted by molar-refractivity contribution is 7.09. The second-order valence-electron chi connectivity index (χ2n) is 3.92. The summed E-state index contributed by atoms with van der Waals surface area (Å²) < 4.78 is 0. The van der Waals surface area contributed by atoms with E-state index in [0.29, 0.717) is 12.2 Å². The molecule has 0 aliphatic heterocycles. The van der Waals surface area contributed by atoms with Crippen LogP contribution in [0.1, 0.15) is 42.7 Å². The van der Waals surface area contributed by atoms with E-state index in [2.05, 4.69) is 11.9 Å². The molecule has 4 nitrogen and oxygen atoms in total. The van der Waals surface area contributed by atoms with Crippen LogP contribution < -0.4 is 5.73 Å². The van der Waals surface area contributed by atoms with Gasteiger partial charge in [-0.05, 0) is 20.3 Å². The first-order chi connectivity index (χ1) is 7.60. The molecule has 0 saturated carbocycles. The first-order valence-corrected chi connectivity index (χ1v) is 6.43. The number of carbonyl (C=O) groups is 1. The molecule has 1 aromatic rings. The number of nitrogens with zero attached hydrogens (tertiary/aromatic N) is 2. The molecule has 0 saturated heterocycles. The van der Waals surface area contributed by atoms with Gasteiger partial charge in [0.15, 0.2) is 0 Å². The zero-order valence-corrected chi connectivity index (χ0v) is 10.9. The first kappa shape index (κ1) is 13.1. The second kappa shape index (κ2) is 5.96. The van der Waals surface area contributed by atoms with Crippen molar-refractivity contribution in [2.24, 2.45) is 5.73 Å². The van der Waals surface area contributed by atoms with Gasteiger partial charge in [0.05, 0.1) is 0 Å². The summed E-state index contributed by atoms with van der Waals surface area (Å²) in [6.45, 7) is 7.27. The van der Waals surface area contributed by atoms with Crippen molar-refractivity contribution in [3.05, 3.63) is 16.1 Å². The fourth-order valence-electron chi connectivity index (χ4n) is 1.49. The highest BCUT2D eigenvalue weighted by Crippen LogP contribution is 2.13. The largest absolute Gasteiger partial charge is 0.335 e. The molecular weight excluding hydrogens is 222 g/mol. The molecule has 5 heteroatoms. The van der Waals surface area contributed by atoms with E-state index in [0.717, 1.165) is 18.0 Å². The van der Waals surface area contributed by atoms with Gasteiger partial charge in [-0.25, -0.2) is 4.98 Å².